The van der Waals surface area contributed by atoms with Crippen LogP contribution in [0, 0.1) is 0 Å². The molecule has 1 heterocycles. The fraction of sp³-hybridized carbons (Fsp3) is 0.450. The highest BCUT2D eigenvalue weighted by Crippen LogP contribution is 2.19. The molecule has 1 heteroatoms. The molecule has 0 amide bonds. The summed E-state index contributed by atoms with van der Waals surface area (Å²) < 4.78 is 0. The second kappa shape index (κ2) is 9.33. The Morgan fingerprint density at radius 2 is 1.48 bits per heavy atom. The van der Waals surface area contributed by atoms with Crippen LogP contribution < -0.4 is 0 Å². The zero-order valence-corrected chi connectivity index (χ0v) is 13.2. The average molecular weight is 281 g/mol. The Morgan fingerprint density at radius 1 is 0.762 bits per heavy atom. The van der Waals surface area contributed by atoms with Crippen molar-refractivity contribution >= 4 is 0 Å². The van der Waals surface area contributed by atoms with E-state index in [4.69, 9.17) is 0 Å². The fourth-order valence-corrected chi connectivity index (χ4v) is 2.68. The molecule has 0 radical (unpaired) electrons. The number of unbranched alkanes of at least 4 members (excludes halogenated alkanes) is 6. The van der Waals surface area contributed by atoms with Crippen molar-refractivity contribution in [2.24, 2.45) is 0 Å². The zero-order valence-electron chi connectivity index (χ0n) is 13.2. The molecule has 0 saturated carbocycles. The Balaban J connectivity index is 1.71. The van der Waals surface area contributed by atoms with Crippen molar-refractivity contribution in [1.29, 1.82) is 0 Å². The Labute approximate surface area is 129 Å². The van der Waals surface area contributed by atoms with Gasteiger partial charge in [-0.15, -0.1) is 0 Å². The fourth-order valence-electron chi connectivity index (χ4n) is 2.68. The first kappa shape index (κ1) is 15.8. The van der Waals surface area contributed by atoms with E-state index in [1.54, 1.807) is 0 Å². The first-order valence-corrected chi connectivity index (χ1v) is 8.39. The summed E-state index contributed by atoms with van der Waals surface area (Å²) in [4.78, 5) is 4.17. The maximum absolute atomic E-state index is 4.17. The molecule has 2 rings (SSSR count). The maximum atomic E-state index is 4.17. The number of pyridine rings is 1. The summed E-state index contributed by atoms with van der Waals surface area (Å²) in [5, 5.41) is 0. The Kier molecular flexibility index (Phi) is 7.00. The molecular formula is C20H27N. The third-order valence-corrected chi connectivity index (χ3v) is 4.02. The van der Waals surface area contributed by atoms with Gasteiger partial charge < -0.3 is 0 Å². The molecule has 0 saturated heterocycles. The summed E-state index contributed by atoms with van der Waals surface area (Å²) in [6, 6.07) is 13.1. The maximum Gasteiger partial charge on any atom is 0.0346 e. The summed E-state index contributed by atoms with van der Waals surface area (Å²) in [5.41, 5.74) is 3.91. The molecule has 0 N–H and O–H groups in total. The van der Waals surface area contributed by atoms with Crippen molar-refractivity contribution in [2.75, 3.05) is 0 Å². The number of benzene rings is 1. The van der Waals surface area contributed by atoms with E-state index in [2.05, 4.69) is 42.2 Å². The van der Waals surface area contributed by atoms with E-state index in [1.807, 2.05) is 18.5 Å². The van der Waals surface area contributed by atoms with Crippen LogP contribution in [0.15, 0.2) is 48.8 Å². The zero-order chi connectivity index (χ0) is 14.8. The Bertz CT molecular complexity index is 487. The minimum atomic E-state index is 1.19. The van der Waals surface area contributed by atoms with Crippen LogP contribution in [0.5, 0.6) is 0 Å². The standard InChI is InChI=1S/C20H27N/c1-2-3-4-5-6-7-8-10-18-12-14-19(15-13-18)20-11-9-16-21-17-20/h9,11-17H,2-8,10H2,1H3. The highest BCUT2D eigenvalue weighted by atomic mass is 14.6. The first-order chi connectivity index (χ1) is 10.4. The molecule has 0 atom stereocenters. The third kappa shape index (κ3) is 5.71. The number of aryl methyl sites for hydroxylation is 1. The smallest absolute Gasteiger partial charge is 0.0346 e. The minimum Gasteiger partial charge on any atom is -0.264 e. The molecule has 21 heavy (non-hydrogen) atoms. The van der Waals surface area contributed by atoms with Crippen molar-refractivity contribution in [3.05, 3.63) is 54.4 Å². The number of hydrogen-bond donors (Lipinski definition) is 0. The van der Waals surface area contributed by atoms with Gasteiger partial charge in [0.05, 0.1) is 0 Å². The summed E-state index contributed by atoms with van der Waals surface area (Å²) in [6.45, 7) is 2.27. The van der Waals surface area contributed by atoms with Gasteiger partial charge in [-0.1, -0.05) is 75.8 Å². The molecule has 0 aliphatic heterocycles. The number of rotatable bonds is 9. The second-order valence-corrected chi connectivity index (χ2v) is 5.81. The van der Waals surface area contributed by atoms with Crippen molar-refractivity contribution < 1.29 is 0 Å². The molecular weight excluding hydrogens is 254 g/mol. The van der Waals surface area contributed by atoms with Gasteiger partial charge >= 0.3 is 0 Å². The molecule has 0 unspecified atom stereocenters. The lowest BCUT2D eigenvalue weighted by molar-refractivity contribution is 0.589. The monoisotopic (exact) mass is 281 g/mol. The molecule has 0 fully saturated rings. The van der Waals surface area contributed by atoms with Gasteiger partial charge in [0.15, 0.2) is 0 Å². The van der Waals surface area contributed by atoms with Crippen molar-refractivity contribution in [2.45, 2.75) is 58.3 Å². The first-order valence-electron chi connectivity index (χ1n) is 8.39. The van der Waals surface area contributed by atoms with Crippen LogP contribution in [-0.2, 0) is 6.42 Å². The van der Waals surface area contributed by atoms with Gasteiger partial charge in [-0.2, -0.15) is 0 Å². The lowest BCUT2D eigenvalue weighted by Crippen LogP contribution is -1.87. The van der Waals surface area contributed by atoms with Crippen LogP contribution in [0.25, 0.3) is 11.1 Å². The second-order valence-electron chi connectivity index (χ2n) is 5.81. The van der Waals surface area contributed by atoms with Gasteiger partial charge in [0.2, 0.25) is 0 Å². The SMILES string of the molecule is CCCCCCCCCc1ccc(-c2cccnc2)cc1. The van der Waals surface area contributed by atoms with E-state index in [0.29, 0.717) is 0 Å². The Hall–Kier alpha value is -1.63. The van der Waals surface area contributed by atoms with Crippen LogP contribution >= 0.6 is 0 Å². The Morgan fingerprint density at radius 3 is 2.14 bits per heavy atom. The number of aromatic nitrogens is 1. The van der Waals surface area contributed by atoms with Crippen LogP contribution in [0.3, 0.4) is 0 Å². The highest BCUT2D eigenvalue weighted by Gasteiger charge is 1.98. The summed E-state index contributed by atoms with van der Waals surface area (Å²) in [7, 11) is 0. The lowest BCUT2D eigenvalue weighted by atomic mass is 10.0. The normalized spacial score (nSPS) is 10.7. The van der Waals surface area contributed by atoms with Gasteiger partial charge in [0, 0.05) is 12.4 Å². The van der Waals surface area contributed by atoms with Gasteiger partial charge in [-0.25, -0.2) is 0 Å². The highest BCUT2D eigenvalue weighted by molar-refractivity contribution is 5.62. The van der Waals surface area contributed by atoms with E-state index in [0.717, 1.165) is 0 Å². The molecule has 0 spiro atoms. The average Bonchev–Trinajstić information content (AvgIpc) is 2.55. The van der Waals surface area contributed by atoms with E-state index in [-0.39, 0.29) is 0 Å². The number of hydrogen-bond acceptors (Lipinski definition) is 1. The molecule has 0 aliphatic carbocycles. The van der Waals surface area contributed by atoms with Crippen LogP contribution in [0.2, 0.25) is 0 Å². The summed E-state index contributed by atoms with van der Waals surface area (Å²) in [6.07, 6.45) is 14.6. The van der Waals surface area contributed by atoms with Crippen molar-refractivity contribution in [3.63, 3.8) is 0 Å². The predicted octanol–water partition coefficient (Wildman–Crippen LogP) is 6.04. The third-order valence-electron chi connectivity index (χ3n) is 4.02. The van der Waals surface area contributed by atoms with Crippen LogP contribution in [0.1, 0.15) is 57.4 Å². The lowest BCUT2D eigenvalue weighted by Gasteiger charge is -2.05. The quantitative estimate of drug-likeness (QED) is 0.510. The van der Waals surface area contributed by atoms with Gasteiger partial charge in [0.25, 0.3) is 0 Å². The molecule has 1 nitrogen and oxygen atoms in total. The number of nitrogens with zero attached hydrogens (tertiary/aromatic N) is 1. The van der Waals surface area contributed by atoms with E-state index in [9.17, 15) is 0 Å². The predicted molar refractivity (Wildman–Crippen MR) is 91.4 cm³/mol. The van der Waals surface area contributed by atoms with E-state index >= 15 is 0 Å². The van der Waals surface area contributed by atoms with Gasteiger partial charge in [-0.3, -0.25) is 4.98 Å². The molecule has 2 aromatic rings. The van der Waals surface area contributed by atoms with Crippen LogP contribution in [-0.4, -0.2) is 4.98 Å². The largest absolute Gasteiger partial charge is 0.264 e. The molecule has 0 aliphatic rings. The van der Waals surface area contributed by atoms with Crippen molar-refractivity contribution in [3.8, 4) is 11.1 Å². The van der Waals surface area contributed by atoms with Crippen LogP contribution in [0.4, 0.5) is 0 Å². The van der Waals surface area contributed by atoms with Gasteiger partial charge in [0.1, 0.15) is 0 Å². The van der Waals surface area contributed by atoms with Crippen molar-refractivity contribution in [1.82, 2.24) is 4.98 Å². The van der Waals surface area contributed by atoms with E-state index < -0.39 is 0 Å². The molecule has 1 aromatic carbocycles. The minimum absolute atomic E-state index is 1.19. The molecule has 112 valence electrons. The summed E-state index contributed by atoms with van der Waals surface area (Å²) in [5.74, 6) is 0. The molecule has 1 aromatic heterocycles. The molecule has 0 bridgehead atoms. The van der Waals surface area contributed by atoms with E-state index in [1.165, 1.54) is 68.1 Å². The summed E-state index contributed by atoms with van der Waals surface area (Å²) >= 11 is 0. The van der Waals surface area contributed by atoms with Gasteiger partial charge in [-0.05, 0) is 35.6 Å². The topological polar surface area (TPSA) is 12.9 Å².